The third kappa shape index (κ3) is 5.02. The molecule has 0 spiro atoms. The van der Waals surface area contributed by atoms with Crippen LogP contribution in [0.2, 0.25) is 5.02 Å². The summed E-state index contributed by atoms with van der Waals surface area (Å²) in [4.78, 5) is 13.2. The Balaban J connectivity index is 1.91. The first-order valence-electron chi connectivity index (χ1n) is 9.58. The molecule has 0 fully saturated rings. The van der Waals surface area contributed by atoms with Crippen molar-refractivity contribution in [1.29, 1.82) is 0 Å². The van der Waals surface area contributed by atoms with E-state index < -0.39 is 0 Å². The molecule has 0 radical (unpaired) electrons. The fourth-order valence-electron chi connectivity index (χ4n) is 3.13. The molecule has 1 N–H and O–H groups in total. The molecular weight excluding hydrogens is 398 g/mol. The van der Waals surface area contributed by atoms with Crippen LogP contribution in [0.5, 0.6) is 11.5 Å². The third-order valence-electron chi connectivity index (χ3n) is 4.79. The molecule has 0 heterocycles. The van der Waals surface area contributed by atoms with Gasteiger partial charge in [0.05, 0.1) is 20.3 Å². The van der Waals surface area contributed by atoms with Crippen LogP contribution in [0, 0.1) is 0 Å². The lowest BCUT2D eigenvalue weighted by atomic mass is 10.0. The van der Waals surface area contributed by atoms with Gasteiger partial charge in [-0.2, -0.15) is 0 Å². The van der Waals surface area contributed by atoms with Crippen LogP contribution in [0.15, 0.2) is 72.8 Å². The summed E-state index contributed by atoms with van der Waals surface area (Å²) in [6.45, 7) is 1.93. The minimum absolute atomic E-state index is 0.191. The van der Waals surface area contributed by atoms with E-state index in [1.807, 2.05) is 79.7 Å². The highest BCUT2D eigenvalue weighted by molar-refractivity contribution is 6.33. The van der Waals surface area contributed by atoms with E-state index in [0.717, 1.165) is 16.7 Å². The maximum Gasteiger partial charge on any atom is 0.252 e. The summed E-state index contributed by atoms with van der Waals surface area (Å²) in [7, 11) is 3.18. The number of carbonyl (C=O) groups is 1. The van der Waals surface area contributed by atoms with Gasteiger partial charge in [0.1, 0.15) is 0 Å². The van der Waals surface area contributed by atoms with Crippen LogP contribution in [0.3, 0.4) is 0 Å². The largest absolute Gasteiger partial charge is 0.493 e. The van der Waals surface area contributed by atoms with Gasteiger partial charge in [-0.05, 0) is 47.9 Å². The number of carbonyl (C=O) groups excluding carboxylic acids is 1. The van der Waals surface area contributed by atoms with E-state index in [1.165, 1.54) is 0 Å². The van der Waals surface area contributed by atoms with Gasteiger partial charge in [-0.15, -0.1) is 0 Å². The van der Waals surface area contributed by atoms with Gasteiger partial charge in [-0.1, -0.05) is 66.2 Å². The van der Waals surface area contributed by atoms with Crippen molar-refractivity contribution in [1.82, 2.24) is 5.32 Å². The Labute approximate surface area is 182 Å². The van der Waals surface area contributed by atoms with E-state index in [-0.39, 0.29) is 11.9 Å². The van der Waals surface area contributed by atoms with E-state index in [1.54, 1.807) is 20.3 Å². The molecule has 5 heteroatoms. The van der Waals surface area contributed by atoms with Gasteiger partial charge in [0.2, 0.25) is 0 Å². The Morgan fingerprint density at radius 1 is 0.933 bits per heavy atom. The van der Waals surface area contributed by atoms with Gasteiger partial charge in [-0.25, -0.2) is 0 Å². The van der Waals surface area contributed by atoms with Gasteiger partial charge in [0.25, 0.3) is 5.91 Å². The van der Waals surface area contributed by atoms with E-state index >= 15 is 0 Å². The second-order valence-corrected chi connectivity index (χ2v) is 7.16. The van der Waals surface area contributed by atoms with Crippen molar-refractivity contribution < 1.29 is 14.3 Å². The molecule has 3 aromatic carbocycles. The van der Waals surface area contributed by atoms with Crippen molar-refractivity contribution in [2.45, 2.75) is 13.0 Å². The van der Waals surface area contributed by atoms with E-state index in [9.17, 15) is 4.79 Å². The molecule has 1 atom stereocenters. The lowest BCUT2D eigenvalue weighted by Crippen LogP contribution is -2.27. The molecule has 0 bridgehead atoms. The summed E-state index contributed by atoms with van der Waals surface area (Å²) in [5.74, 6) is 1.07. The van der Waals surface area contributed by atoms with Crippen molar-refractivity contribution in [3.05, 3.63) is 94.5 Å². The molecule has 1 unspecified atom stereocenters. The summed E-state index contributed by atoms with van der Waals surface area (Å²) >= 11 is 6.32. The molecule has 0 aliphatic carbocycles. The molecular formula is C25H24ClNO3. The molecule has 3 rings (SSSR count). The second-order valence-electron chi connectivity index (χ2n) is 6.76. The SMILES string of the molecule is COc1ccc(C(C)NC(=O)/C(=C/c2ccccc2Cl)c2ccccc2)cc1OC. The van der Waals surface area contributed by atoms with Crippen molar-refractivity contribution in [2.75, 3.05) is 14.2 Å². The van der Waals surface area contributed by atoms with E-state index in [4.69, 9.17) is 21.1 Å². The highest BCUT2D eigenvalue weighted by Crippen LogP contribution is 2.30. The normalized spacial score (nSPS) is 12.2. The second kappa shape index (κ2) is 9.99. The van der Waals surface area contributed by atoms with Gasteiger partial charge in [-0.3, -0.25) is 4.79 Å². The van der Waals surface area contributed by atoms with E-state index in [0.29, 0.717) is 22.1 Å². The number of hydrogen-bond donors (Lipinski definition) is 1. The third-order valence-corrected chi connectivity index (χ3v) is 5.13. The fourth-order valence-corrected chi connectivity index (χ4v) is 3.32. The summed E-state index contributed by atoms with van der Waals surface area (Å²) in [5.41, 5.74) is 3.04. The smallest absolute Gasteiger partial charge is 0.252 e. The zero-order chi connectivity index (χ0) is 21.5. The van der Waals surface area contributed by atoms with Crippen LogP contribution >= 0.6 is 11.6 Å². The first-order chi connectivity index (χ1) is 14.5. The predicted octanol–water partition coefficient (Wildman–Crippen LogP) is 5.78. The average molecular weight is 422 g/mol. The number of hydrogen-bond acceptors (Lipinski definition) is 3. The number of methoxy groups -OCH3 is 2. The predicted molar refractivity (Wildman–Crippen MR) is 122 cm³/mol. The average Bonchev–Trinajstić information content (AvgIpc) is 2.78. The Bertz CT molecular complexity index is 1050. The Kier molecular flexibility index (Phi) is 7.15. The molecule has 0 aliphatic rings. The summed E-state index contributed by atoms with van der Waals surface area (Å²) < 4.78 is 10.7. The first-order valence-corrected chi connectivity index (χ1v) is 9.95. The molecule has 0 aliphatic heterocycles. The van der Waals surface area contributed by atoms with Crippen LogP contribution in [0.1, 0.15) is 29.7 Å². The fraction of sp³-hybridized carbons (Fsp3) is 0.160. The van der Waals surface area contributed by atoms with E-state index in [2.05, 4.69) is 5.32 Å². The molecule has 1 amide bonds. The van der Waals surface area contributed by atoms with Crippen LogP contribution in [-0.4, -0.2) is 20.1 Å². The zero-order valence-corrected chi connectivity index (χ0v) is 17.9. The molecule has 3 aromatic rings. The molecule has 30 heavy (non-hydrogen) atoms. The number of rotatable bonds is 7. The molecule has 0 aromatic heterocycles. The van der Waals surface area contributed by atoms with Gasteiger partial charge in [0.15, 0.2) is 11.5 Å². The van der Waals surface area contributed by atoms with Gasteiger partial charge >= 0.3 is 0 Å². The molecule has 0 saturated carbocycles. The zero-order valence-electron chi connectivity index (χ0n) is 17.2. The van der Waals surface area contributed by atoms with Crippen LogP contribution in [-0.2, 0) is 4.79 Å². The van der Waals surface area contributed by atoms with Gasteiger partial charge < -0.3 is 14.8 Å². The molecule has 4 nitrogen and oxygen atoms in total. The minimum atomic E-state index is -0.240. The minimum Gasteiger partial charge on any atom is -0.493 e. The highest BCUT2D eigenvalue weighted by Gasteiger charge is 2.17. The van der Waals surface area contributed by atoms with Crippen molar-refractivity contribution >= 4 is 29.2 Å². The molecule has 154 valence electrons. The number of ether oxygens (including phenoxy) is 2. The molecule has 0 saturated heterocycles. The monoisotopic (exact) mass is 421 g/mol. The Hall–Kier alpha value is -3.24. The first kappa shape index (κ1) is 21.5. The lowest BCUT2D eigenvalue weighted by Gasteiger charge is -2.18. The lowest BCUT2D eigenvalue weighted by molar-refractivity contribution is -0.116. The number of amides is 1. The van der Waals surface area contributed by atoms with Crippen LogP contribution < -0.4 is 14.8 Å². The Morgan fingerprint density at radius 3 is 2.27 bits per heavy atom. The van der Waals surface area contributed by atoms with Gasteiger partial charge in [0, 0.05) is 10.6 Å². The number of nitrogens with one attached hydrogen (secondary N) is 1. The maximum absolute atomic E-state index is 13.2. The quantitative estimate of drug-likeness (QED) is 0.389. The maximum atomic E-state index is 13.2. The van der Waals surface area contributed by atoms with Crippen molar-refractivity contribution in [2.24, 2.45) is 0 Å². The van der Waals surface area contributed by atoms with Crippen molar-refractivity contribution in [3.8, 4) is 11.5 Å². The summed E-state index contributed by atoms with van der Waals surface area (Å²) in [6, 6.07) is 22.3. The number of halogens is 1. The summed E-state index contributed by atoms with van der Waals surface area (Å²) in [6.07, 6.45) is 1.81. The number of benzene rings is 3. The topological polar surface area (TPSA) is 47.6 Å². The van der Waals surface area contributed by atoms with Crippen molar-refractivity contribution in [3.63, 3.8) is 0 Å². The highest BCUT2D eigenvalue weighted by atomic mass is 35.5. The Morgan fingerprint density at radius 2 is 1.60 bits per heavy atom. The van der Waals surface area contributed by atoms with Crippen LogP contribution in [0.25, 0.3) is 11.6 Å². The standard InChI is InChI=1S/C25H24ClNO3/c1-17(19-13-14-23(29-2)24(16-19)30-3)27-25(28)21(18-9-5-4-6-10-18)15-20-11-7-8-12-22(20)26/h4-17H,1-3H3,(H,27,28)/b21-15+. The van der Waals surface area contributed by atoms with Crippen LogP contribution in [0.4, 0.5) is 0 Å². The summed E-state index contributed by atoms with van der Waals surface area (Å²) in [5, 5.41) is 3.67.